The van der Waals surface area contributed by atoms with Gasteiger partial charge in [0.25, 0.3) is 0 Å². The third-order valence-corrected chi connectivity index (χ3v) is 4.31. The quantitative estimate of drug-likeness (QED) is 0.894. The molecule has 0 saturated heterocycles. The lowest BCUT2D eigenvalue weighted by Crippen LogP contribution is -2.27. The summed E-state index contributed by atoms with van der Waals surface area (Å²) in [6, 6.07) is 7.99. The van der Waals surface area contributed by atoms with Gasteiger partial charge in [0.1, 0.15) is 0 Å². The van der Waals surface area contributed by atoms with Gasteiger partial charge in [-0.15, -0.1) is 0 Å². The van der Waals surface area contributed by atoms with Crippen LogP contribution in [0.4, 0.5) is 0 Å². The topological polar surface area (TPSA) is 29.1 Å². The summed E-state index contributed by atoms with van der Waals surface area (Å²) in [7, 11) is 0. The molecule has 0 bridgehead atoms. The van der Waals surface area contributed by atoms with Gasteiger partial charge in [-0.1, -0.05) is 34.1 Å². The molecule has 0 radical (unpaired) electrons. The highest BCUT2D eigenvalue weighted by Crippen LogP contribution is 2.75. The van der Waals surface area contributed by atoms with Crippen molar-refractivity contribution in [2.75, 3.05) is 0 Å². The second kappa shape index (κ2) is 3.08. The molecular formula is C12H12BrNO. The number of hydrogen-bond donors (Lipinski definition) is 1. The highest BCUT2D eigenvalue weighted by Gasteiger charge is 2.74. The van der Waals surface area contributed by atoms with Crippen LogP contribution in [0.25, 0.3) is 0 Å². The average molecular weight is 266 g/mol. The molecule has 1 aromatic rings. The van der Waals surface area contributed by atoms with E-state index in [0.29, 0.717) is 6.54 Å². The van der Waals surface area contributed by atoms with E-state index in [1.54, 1.807) is 0 Å². The second-order valence-corrected chi connectivity index (χ2v) is 5.39. The predicted molar refractivity (Wildman–Crippen MR) is 61.1 cm³/mol. The molecule has 78 valence electrons. The van der Waals surface area contributed by atoms with E-state index in [-0.39, 0.29) is 11.3 Å². The van der Waals surface area contributed by atoms with Crippen LogP contribution in [-0.4, -0.2) is 5.91 Å². The molecule has 2 fully saturated rings. The van der Waals surface area contributed by atoms with Crippen molar-refractivity contribution in [3.05, 3.63) is 34.3 Å². The van der Waals surface area contributed by atoms with E-state index in [9.17, 15) is 4.79 Å². The van der Waals surface area contributed by atoms with Crippen molar-refractivity contribution in [1.29, 1.82) is 0 Å². The molecule has 2 aliphatic rings. The third-order valence-electron chi connectivity index (χ3n) is 3.53. The van der Waals surface area contributed by atoms with Gasteiger partial charge in [0.2, 0.25) is 5.91 Å². The summed E-state index contributed by atoms with van der Waals surface area (Å²) in [5.74, 6) is 0.972. The molecule has 3 rings (SSSR count). The van der Waals surface area contributed by atoms with Gasteiger partial charge in [-0.25, -0.2) is 0 Å². The lowest BCUT2D eigenvalue weighted by molar-refractivity contribution is -0.124. The van der Waals surface area contributed by atoms with E-state index in [1.165, 1.54) is 0 Å². The maximum absolute atomic E-state index is 11.7. The van der Waals surface area contributed by atoms with Crippen molar-refractivity contribution in [1.82, 2.24) is 5.32 Å². The number of hydrogen-bond acceptors (Lipinski definition) is 1. The first-order valence-electron chi connectivity index (χ1n) is 5.24. The zero-order chi connectivity index (χ0) is 10.5. The van der Waals surface area contributed by atoms with E-state index in [1.807, 2.05) is 24.3 Å². The first kappa shape index (κ1) is 9.40. The molecule has 1 N–H and O–H groups in total. The second-order valence-electron chi connectivity index (χ2n) is 4.54. The first-order chi connectivity index (χ1) is 7.22. The van der Waals surface area contributed by atoms with Crippen LogP contribution in [0.5, 0.6) is 0 Å². The number of rotatable bonds is 3. The van der Waals surface area contributed by atoms with Crippen LogP contribution in [0.15, 0.2) is 28.7 Å². The van der Waals surface area contributed by atoms with Gasteiger partial charge in [-0.2, -0.15) is 0 Å². The van der Waals surface area contributed by atoms with Gasteiger partial charge < -0.3 is 5.32 Å². The number of nitrogens with one attached hydrogen (secondary N) is 1. The van der Waals surface area contributed by atoms with E-state index in [2.05, 4.69) is 21.2 Å². The Balaban J connectivity index is 1.62. The van der Waals surface area contributed by atoms with Crippen LogP contribution < -0.4 is 5.32 Å². The van der Waals surface area contributed by atoms with E-state index in [4.69, 9.17) is 0 Å². The Labute approximate surface area is 97.2 Å². The molecule has 0 atom stereocenters. The molecular weight excluding hydrogens is 254 g/mol. The van der Waals surface area contributed by atoms with Crippen LogP contribution >= 0.6 is 15.9 Å². The minimum atomic E-state index is 0.0846. The van der Waals surface area contributed by atoms with Crippen LogP contribution in [0.2, 0.25) is 0 Å². The molecule has 0 unspecified atom stereocenters. The van der Waals surface area contributed by atoms with Gasteiger partial charge in [0, 0.05) is 11.0 Å². The number of amides is 1. The third kappa shape index (κ3) is 1.49. The summed E-state index contributed by atoms with van der Waals surface area (Å²) >= 11 is 3.47. The Morgan fingerprint density at radius 1 is 1.47 bits per heavy atom. The SMILES string of the molecule is O=C(NCc1ccccc1Br)C12CC1C2. The summed E-state index contributed by atoms with van der Waals surface area (Å²) in [6.07, 6.45) is 2.24. The zero-order valence-electron chi connectivity index (χ0n) is 8.29. The van der Waals surface area contributed by atoms with Crippen molar-refractivity contribution in [2.24, 2.45) is 11.3 Å². The highest BCUT2D eigenvalue weighted by atomic mass is 79.9. The van der Waals surface area contributed by atoms with E-state index in [0.717, 1.165) is 28.8 Å². The largest absolute Gasteiger partial charge is 0.351 e. The minimum Gasteiger partial charge on any atom is -0.351 e. The molecule has 1 amide bonds. The highest BCUT2D eigenvalue weighted by molar-refractivity contribution is 9.10. The van der Waals surface area contributed by atoms with Crippen molar-refractivity contribution < 1.29 is 4.79 Å². The van der Waals surface area contributed by atoms with Gasteiger partial charge in [0.05, 0.1) is 5.41 Å². The molecule has 0 heterocycles. The predicted octanol–water partition coefficient (Wildman–Crippen LogP) is 2.48. The van der Waals surface area contributed by atoms with Gasteiger partial charge in [-0.05, 0) is 30.4 Å². The van der Waals surface area contributed by atoms with Crippen LogP contribution in [0.3, 0.4) is 0 Å². The fourth-order valence-electron chi connectivity index (χ4n) is 2.07. The number of benzene rings is 1. The fourth-order valence-corrected chi connectivity index (χ4v) is 2.49. The summed E-state index contributed by atoms with van der Waals surface area (Å²) < 4.78 is 1.06. The van der Waals surface area contributed by atoms with Crippen LogP contribution in [0, 0.1) is 11.3 Å². The van der Waals surface area contributed by atoms with Gasteiger partial charge in [0.15, 0.2) is 0 Å². The molecule has 0 spiro atoms. The average Bonchev–Trinajstić information content (AvgIpc) is 3.03. The first-order valence-corrected chi connectivity index (χ1v) is 6.03. The number of halogens is 1. The summed E-state index contributed by atoms with van der Waals surface area (Å²) in [5.41, 5.74) is 1.22. The monoisotopic (exact) mass is 265 g/mol. The summed E-state index contributed by atoms with van der Waals surface area (Å²) in [4.78, 5) is 11.7. The van der Waals surface area contributed by atoms with E-state index < -0.39 is 0 Å². The normalized spacial score (nSPS) is 30.6. The fraction of sp³-hybridized carbons (Fsp3) is 0.417. The van der Waals surface area contributed by atoms with Gasteiger partial charge >= 0.3 is 0 Å². The maximum atomic E-state index is 11.7. The molecule has 2 aliphatic carbocycles. The maximum Gasteiger partial charge on any atom is 0.226 e. The molecule has 15 heavy (non-hydrogen) atoms. The summed E-state index contributed by atoms with van der Waals surface area (Å²) in [6.45, 7) is 0.634. The molecule has 2 saturated carbocycles. The van der Waals surface area contributed by atoms with Crippen molar-refractivity contribution in [2.45, 2.75) is 19.4 Å². The van der Waals surface area contributed by atoms with Crippen molar-refractivity contribution >= 4 is 21.8 Å². The number of carbonyl (C=O) groups excluding carboxylic acids is 1. The van der Waals surface area contributed by atoms with E-state index >= 15 is 0 Å². The number of carbonyl (C=O) groups is 1. The molecule has 3 heteroatoms. The Morgan fingerprint density at radius 3 is 2.73 bits per heavy atom. The zero-order valence-corrected chi connectivity index (χ0v) is 9.88. The Morgan fingerprint density at radius 2 is 2.13 bits per heavy atom. The van der Waals surface area contributed by atoms with Crippen molar-refractivity contribution in [3.8, 4) is 0 Å². The molecule has 0 aromatic heterocycles. The Hall–Kier alpha value is -0.830. The van der Waals surface area contributed by atoms with Crippen LogP contribution in [-0.2, 0) is 11.3 Å². The molecule has 0 aliphatic heterocycles. The van der Waals surface area contributed by atoms with Crippen molar-refractivity contribution in [3.63, 3.8) is 0 Å². The lowest BCUT2D eigenvalue weighted by atomic mass is 10.2. The smallest absolute Gasteiger partial charge is 0.226 e. The molecule has 1 aromatic carbocycles. The Bertz CT molecular complexity index is 423. The minimum absolute atomic E-state index is 0.0846. The standard InChI is InChI=1S/C12H12BrNO/c13-10-4-2-1-3-8(10)7-14-11(15)12-5-9(12)6-12/h1-4,9H,5-7H2,(H,14,15). The Kier molecular flexibility index (Phi) is 1.93. The molecule has 2 nitrogen and oxygen atoms in total. The number of fused-ring (bicyclic) bond motifs is 1. The van der Waals surface area contributed by atoms with Gasteiger partial charge in [-0.3, -0.25) is 4.79 Å². The van der Waals surface area contributed by atoms with Crippen LogP contribution in [0.1, 0.15) is 18.4 Å². The lowest BCUT2D eigenvalue weighted by Gasteiger charge is -2.08. The summed E-state index contributed by atoms with van der Waals surface area (Å²) in [5, 5.41) is 3.01.